The Bertz CT molecular complexity index is 432. The van der Waals surface area contributed by atoms with Crippen LogP contribution in [0.5, 0.6) is 0 Å². The summed E-state index contributed by atoms with van der Waals surface area (Å²) >= 11 is 0. The Labute approximate surface area is 119 Å². The molecule has 0 aliphatic carbocycles. The number of carbonyl (C=O) groups is 1. The van der Waals surface area contributed by atoms with Crippen molar-refractivity contribution in [2.24, 2.45) is 0 Å². The Morgan fingerprint density at radius 1 is 1.53 bits per heavy atom. The molecule has 0 aromatic heterocycles. The Balaban J connectivity index is 0. The van der Waals surface area contributed by atoms with Crippen LogP contribution in [0.15, 0.2) is 11.5 Å². The van der Waals surface area contributed by atoms with Crippen molar-refractivity contribution in [2.45, 2.75) is 12.2 Å². The molecule has 0 aromatic rings. The van der Waals surface area contributed by atoms with Crippen molar-refractivity contribution in [3.63, 3.8) is 0 Å². The van der Waals surface area contributed by atoms with E-state index in [1.165, 1.54) is 0 Å². The van der Waals surface area contributed by atoms with E-state index in [4.69, 9.17) is 19.9 Å². The number of aliphatic hydroxyl groups excluding tert-OH is 3. The third-order valence-corrected chi connectivity index (χ3v) is 2.04. The third-order valence-electron chi connectivity index (χ3n) is 1.65. The molecule has 94 valence electrons. The monoisotopic (exact) mass is 280 g/mol. The van der Waals surface area contributed by atoms with Gasteiger partial charge in [0.25, 0.3) is 0 Å². The van der Waals surface area contributed by atoms with Gasteiger partial charge >= 0.3 is 45.9 Å². The van der Waals surface area contributed by atoms with Gasteiger partial charge in [-0.25, -0.2) is 4.79 Å². The van der Waals surface area contributed by atoms with Gasteiger partial charge in [0.15, 0.2) is 6.10 Å². The second-order valence-corrected chi connectivity index (χ2v) is 3.82. The van der Waals surface area contributed by atoms with Gasteiger partial charge in [0.2, 0.25) is 11.5 Å². The average molecular weight is 280 g/mol. The zero-order chi connectivity index (χ0) is 12.5. The molecule has 0 bridgehead atoms. The van der Waals surface area contributed by atoms with E-state index in [9.17, 15) is 13.2 Å². The van der Waals surface area contributed by atoms with Crippen LogP contribution in [0, 0.1) is 0 Å². The number of hydrogen-bond acceptors (Lipinski definition) is 8. The molecule has 4 N–H and O–H groups in total. The molecule has 0 aromatic carbocycles. The maximum absolute atomic E-state index is 10.8. The molecule has 1 aliphatic heterocycles. The molecule has 0 saturated heterocycles. The second-order valence-electron chi connectivity index (χ2n) is 2.80. The number of rotatable bonds is 4. The fourth-order valence-electron chi connectivity index (χ4n) is 1.01. The Morgan fingerprint density at radius 2 is 2.06 bits per heavy atom. The van der Waals surface area contributed by atoms with E-state index in [1.54, 1.807) is 0 Å². The van der Waals surface area contributed by atoms with Gasteiger partial charge < -0.3 is 25.7 Å². The van der Waals surface area contributed by atoms with E-state index >= 15 is 0 Å². The van der Waals surface area contributed by atoms with E-state index in [1.807, 2.05) is 0 Å². The number of cyclic esters (lactones) is 1. The predicted octanol–water partition coefficient (Wildman–Crippen LogP) is -5.03. The fourth-order valence-corrected chi connectivity index (χ4v) is 1.41. The number of esters is 1. The number of aliphatic hydroxyl groups is 3. The van der Waals surface area contributed by atoms with Crippen LogP contribution in [0.1, 0.15) is 1.43 Å². The summed E-state index contributed by atoms with van der Waals surface area (Å²) in [7, 11) is -4.98. The summed E-state index contributed by atoms with van der Waals surface area (Å²) in [6, 6.07) is 0. The average Bonchev–Trinajstić information content (AvgIpc) is 2.43. The number of hydrogen-bond donors (Lipinski definition) is 4. The van der Waals surface area contributed by atoms with Gasteiger partial charge in [-0.2, -0.15) is 8.42 Å². The zero-order valence-corrected chi connectivity index (χ0v) is 11.4. The van der Waals surface area contributed by atoms with E-state index in [2.05, 4.69) is 8.92 Å². The topological polar surface area (TPSA) is 151 Å². The summed E-state index contributed by atoms with van der Waals surface area (Å²) in [4.78, 5) is 10.8. The molecule has 0 unspecified atom stereocenters. The van der Waals surface area contributed by atoms with E-state index in [0.29, 0.717) is 0 Å². The molecular formula is C6H9NaO9S. The van der Waals surface area contributed by atoms with Crippen molar-refractivity contribution in [1.82, 2.24) is 0 Å². The van der Waals surface area contributed by atoms with E-state index in [-0.39, 0.29) is 31.0 Å². The smallest absolute Gasteiger partial charge is 1.00 e. The standard InChI is InChI=1S/C6H8O9S.Na.H/c7-1-2(8)4-5(15-16(11,12)13)3(9)6(10)14-4;;/h2,4,7-9H,1H2,(H,11,12,13);;/q;+1;-1/t2-,4+;;/m0../s1. The maximum atomic E-state index is 10.8. The van der Waals surface area contributed by atoms with E-state index in [0.717, 1.165) is 0 Å². The summed E-state index contributed by atoms with van der Waals surface area (Å²) in [6.07, 6.45) is -3.38. The largest absolute Gasteiger partial charge is 1.00 e. The van der Waals surface area contributed by atoms with E-state index < -0.39 is 46.7 Å². The van der Waals surface area contributed by atoms with Gasteiger partial charge in [-0.05, 0) is 0 Å². The Morgan fingerprint density at radius 3 is 2.47 bits per heavy atom. The minimum atomic E-state index is -4.98. The van der Waals surface area contributed by atoms with Gasteiger partial charge in [0.1, 0.15) is 6.10 Å². The first-order valence-electron chi connectivity index (χ1n) is 3.86. The van der Waals surface area contributed by atoms with Crippen LogP contribution in [0.3, 0.4) is 0 Å². The molecule has 0 radical (unpaired) electrons. The van der Waals surface area contributed by atoms with Crippen molar-refractivity contribution < 1.29 is 73.0 Å². The molecule has 0 amide bonds. The van der Waals surface area contributed by atoms with Crippen LogP contribution in [-0.2, 0) is 24.1 Å². The van der Waals surface area contributed by atoms with Gasteiger partial charge in [0, 0.05) is 0 Å². The Kier molecular flexibility index (Phi) is 5.87. The minimum absolute atomic E-state index is 0. The molecule has 1 rings (SSSR count). The van der Waals surface area contributed by atoms with Gasteiger partial charge in [-0.1, -0.05) is 0 Å². The van der Waals surface area contributed by atoms with Crippen molar-refractivity contribution in [2.75, 3.05) is 6.61 Å². The van der Waals surface area contributed by atoms with Gasteiger partial charge in [-0.3, -0.25) is 4.55 Å². The summed E-state index contributed by atoms with van der Waals surface area (Å²) in [6.45, 7) is -0.871. The van der Waals surface area contributed by atoms with Crippen LogP contribution >= 0.6 is 0 Å². The molecule has 1 heterocycles. The van der Waals surface area contributed by atoms with Crippen LogP contribution in [-0.4, -0.2) is 53.1 Å². The molecule has 0 saturated carbocycles. The SMILES string of the molecule is O=C1O[C@H]([C@@H](O)CO)C(OS(=O)(=O)O)=C1O.[H-].[Na+]. The van der Waals surface area contributed by atoms with Crippen LogP contribution in [0.25, 0.3) is 0 Å². The first-order valence-corrected chi connectivity index (χ1v) is 5.22. The molecule has 0 fully saturated rings. The molecule has 1 aliphatic rings. The molecule has 9 nitrogen and oxygen atoms in total. The summed E-state index contributed by atoms with van der Waals surface area (Å²) < 4.78 is 37.3. The van der Waals surface area contributed by atoms with Crippen LogP contribution < -0.4 is 29.6 Å². The number of ether oxygens (including phenoxy) is 1. The molecule has 11 heteroatoms. The zero-order valence-electron chi connectivity index (χ0n) is 9.60. The first-order chi connectivity index (χ1) is 7.26. The van der Waals surface area contributed by atoms with Crippen molar-refractivity contribution in [3.05, 3.63) is 11.5 Å². The molecule has 0 spiro atoms. The van der Waals surface area contributed by atoms with Crippen molar-refractivity contribution >= 4 is 16.4 Å². The normalized spacial score (nSPS) is 21.8. The molecule has 2 atom stereocenters. The van der Waals surface area contributed by atoms with Crippen molar-refractivity contribution in [3.8, 4) is 0 Å². The minimum Gasteiger partial charge on any atom is -1.00 e. The maximum Gasteiger partial charge on any atom is 1.00 e. The second kappa shape index (κ2) is 6.00. The van der Waals surface area contributed by atoms with Crippen molar-refractivity contribution in [1.29, 1.82) is 0 Å². The summed E-state index contributed by atoms with van der Waals surface area (Å²) in [5.41, 5.74) is 0. The van der Waals surface area contributed by atoms with Crippen LogP contribution in [0.4, 0.5) is 0 Å². The molecule has 17 heavy (non-hydrogen) atoms. The Hall–Kier alpha value is -0.360. The van der Waals surface area contributed by atoms with Gasteiger partial charge in [0.05, 0.1) is 6.61 Å². The van der Waals surface area contributed by atoms with Crippen LogP contribution in [0.2, 0.25) is 0 Å². The summed E-state index contributed by atoms with van der Waals surface area (Å²) in [5, 5.41) is 26.7. The predicted molar refractivity (Wildman–Crippen MR) is 46.4 cm³/mol. The fraction of sp³-hybridized carbons (Fsp3) is 0.500. The molecular weight excluding hydrogens is 271 g/mol. The summed E-state index contributed by atoms with van der Waals surface area (Å²) in [5.74, 6) is -3.51. The third kappa shape index (κ3) is 4.10. The first kappa shape index (κ1) is 16.6. The van der Waals surface area contributed by atoms with Gasteiger partial charge in [-0.15, -0.1) is 0 Å². The quantitative estimate of drug-likeness (QED) is 0.225. The number of carbonyl (C=O) groups excluding carboxylic acids is 1.